The van der Waals surface area contributed by atoms with E-state index in [2.05, 4.69) is 46.9 Å². The normalized spacial score (nSPS) is 13.6. The van der Waals surface area contributed by atoms with Crippen molar-refractivity contribution >= 4 is 17.7 Å². The maximum absolute atomic E-state index is 12.5. The third-order valence-electron chi connectivity index (χ3n) is 7.21. The van der Waals surface area contributed by atoms with Gasteiger partial charge in [0.05, 0.1) is 11.5 Å². The Morgan fingerprint density at radius 3 is 2.49 bits per heavy atom. The molecular formula is C28H35N5O4. The van der Waals surface area contributed by atoms with Crippen LogP contribution in [0.25, 0.3) is 22.8 Å². The van der Waals surface area contributed by atoms with Gasteiger partial charge in [-0.3, -0.25) is 9.59 Å². The van der Waals surface area contributed by atoms with Crippen molar-refractivity contribution in [2.45, 2.75) is 59.9 Å². The summed E-state index contributed by atoms with van der Waals surface area (Å²) in [5.41, 5.74) is 6.03. The smallest absolute Gasteiger partial charge is 0.310 e. The maximum Gasteiger partial charge on any atom is 0.310 e. The zero-order valence-electron chi connectivity index (χ0n) is 22.4. The standard InChI is InChI=1S/C28H35N5O4/c1-7-19-12-20(10-17(4)23(19)8-9-24(34)33-14-22(15-33)28(35)36)25-30-27(37-31-25)21-11-18(5)26(29-13-21)32(6)16(2)3/h10-13,16,22H,7-9,14-15H2,1-6H3,(H,35,36). The number of nitrogens with zero attached hydrogens (tertiary/aromatic N) is 5. The molecule has 2 aromatic heterocycles. The van der Waals surface area contributed by atoms with E-state index >= 15 is 0 Å². The molecule has 0 atom stereocenters. The predicted octanol–water partition coefficient (Wildman–Crippen LogP) is 4.30. The predicted molar refractivity (Wildman–Crippen MR) is 141 cm³/mol. The van der Waals surface area contributed by atoms with Crippen LogP contribution in [0, 0.1) is 19.8 Å². The van der Waals surface area contributed by atoms with Crippen molar-refractivity contribution < 1.29 is 19.2 Å². The lowest BCUT2D eigenvalue weighted by Gasteiger charge is -2.36. The molecule has 1 saturated heterocycles. The first-order chi connectivity index (χ1) is 17.6. The van der Waals surface area contributed by atoms with Gasteiger partial charge < -0.3 is 19.4 Å². The number of amides is 1. The Balaban J connectivity index is 1.49. The number of likely N-dealkylation sites (tertiary alicyclic amines) is 1. The summed E-state index contributed by atoms with van der Waals surface area (Å²) in [6, 6.07) is 6.44. The van der Waals surface area contributed by atoms with Gasteiger partial charge in [-0.25, -0.2) is 4.98 Å². The van der Waals surface area contributed by atoms with Crippen LogP contribution in [0.15, 0.2) is 28.9 Å². The number of pyridine rings is 1. The maximum atomic E-state index is 12.5. The number of anilines is 1. The Morgan fingerprint density at radius 2 is 1.86 bits per heavy atom. The van der Waals surface area contributed by atoms with Gasteiger partial charge in [0.2, 0.25) is 11.7 Å². The second kappa shape index (κ2) is 10.7. The van der Waals surface area contributed by atoms with E-state index in [1.54, 1.807) is 11.1 Å². The summed E-state index contributed by atoms with van der Waals surface area (Å²) in [4.78, 5) is 36.5. The average molecular weight is 506 g/mol. The van der Waals surface area contributed by atoms with E-state index in [0.29, 0.717) is 43.7 Å². The molecule has 0 spiro atoms. The molecule has 4 rings (SSSR count). The van der Waals surface area contributed by atoms with Gasteiger partial charge in [0, 0.05) is 44.4 Å². The molecule has 1 aliphatic rings. The van der Waals surface area contributed by atoms with Gasteiger partial charge in [-0.05, 0) is 81.0 Å². The number of carboxylic acids is 1. The minimum absolute atomic E-state index is 0.000323. The molecule has 0 radical (unpaired) electrons. The Hall–Kier alpha value is -3.75. The summed E-state index contributed by atoms with van der Waals surface area (Å²) in [6.45, 7) is 11.0. The van der Waals surface area contributed by atoms with Crippen molar-refractivity contribution in [1.82, 2.24) is 20.0 Å². The van der Waals surface area contributed by atoms with Crippen molar-refractivity contribution in [3.05, 3.63) is 46.6 Å². The van der Waals surface area contributed by atoms with Crippen LogP contribution in [-0.2, 0) is 22.4 Å². The van der Waals surface area contributed by atoms with Crippen LogP contribution in [0.2, 0.25) is 0 Å². The molecule has 3 heterocycles. The van der Waals surface area contributed by atoms with E-state index in [1.807, 2.05) is 33.0 Å². The van der Waals surface area contributed by atoms with Crippen LogP contribution in [0.3, 0.4) is 0 Å². The van der Waals surface area contributed by atoms with Gasteiger partial charge in [-0.2, -0.15) is 4.98 Å². The number of hydrogen-bond donors (Lipinski definition) is 1. The van der Waals surface area contributed by atoms with Gasteiger partial charge in [0.25, 0.3) is 5.89 Å². The van der Waals surface area contributed by atoms with Crippen LogP contribution in [-0.4, -0.2) is 63.2 Å². The molecule has 1 N–H and O–H groups in total. The number of benzene rings is 1. The molecule has 1 amide bonds. The molecule has 0 bridgehead atoms. The van der Waals surface area contributed by atoms with E-state index in [1.165, 1.54) is 0 Å². The monoisotopic (exact) mass is 505 g/mol. The topological polar surface area (TPSA) is 113 Å². The summed E-state index contributed by atoms with van der Waals surface area (Å²) < 4.78 is 5.59. The molecule has 0 aliphatic carbocycles. The van der Waals surface area contributed by atoms with Gasteiger partial charge in [0.1, 0.15) is 5.82 Å². The first-order valence-electron chi connectivity index (χ1n) is 12.8. The lowest BCUT2D eigenvalue weighted by Crippen LogP contribution is -2.53. The summed E-state index contributed by atoms with van der Waals surface area (Å²) in [5.74, 6) is 0.582. The number of aryl methyl sites for hydroxylation is 3. The van der Waals surface area contributed by atoms with Crippen LogP contribution >= 0.6 is 0 Å². The zero-order valence-corrected chi connectivity index (χ0v) is 22.4. The average Bonchev–Trinajstić information content (AvgIpc) is 3.31. The lowest BCUT2D eigenvalue weighted by atomic mass is 9.92. The molecule has 9 heteroatoms. The van der Waals surface area contributed by atoms with Crippen molar-refractivity contribution in [3.63, 3.8) is 0 Å². The molecule has 0 unspecified atom stereocenters. The second-order valence-corrected chi connectivity index (χ2v) is 10.1. The number of carbonyl (C=O) groups excluding carboxylic acids is 1. The van der Waals surface area contributed by atoms with E-state index in [9.17, 15) is 9.59 Å². The third-order valence-corrected chi connectivity index (χ3v) is 7.21. The van der Waals surface area contributed by atoms with Gasteiger partial charge in [-0.1, -0.05) is 12.1 Å². The van der Waals surface area contributed by atoms with E-state index in [4.69, 9.17) is 9.63 Å². The van der Waals surface area contributed by atoms with Gasteiger partial charge in [0.15, 0.2) is 0 Å². The minimum Gasteiger partial charge on any atom is -0.481 e. The fraction of sp³-hybridized carbons (Fsp3) is 0.464. The van der Waals surface area contributed by atoms with Gasteiger partial charge >= 0.3 is 5.97 Å². The molecule has 37 heavy (non-hydrogen) atoms. The molecule has 1 aromatic carbocycles. The first kappa shape index (κ1) is 26.3. The highest BCUT2D eigenvalue weighted by atomic mass is 16.5. The van der Waals surface area contributed by atoms with Crippen LogP contribution in [0.5, 0.6) is 0 Å². The highest BCUT2D eigenvalue weighted by Gasteiger charge is 2.35. The summed E-state index contributed by atoms with van der Waals surface area (Å²) in [6.07, 6.45) is 3.54. The van der Waals surface area contributed by atoms with Crippen LogP contribution in [0.1, 0.15) is 49.4 Å². The Bertz CT molecular complexity index is 1310. The first-order valence-corrected chi connectivity index (χ1v) is 12.8. The van der Waals surface area contributed by atoms with Crippen LogP contribution in [0.4, 0.5) is 5.82 Å². The third kappa shape index (κ3) is 5.50. The van der Waals surface area contributed by atoms with Crippen molar-refractivity contribution in [2.24, 2.45) is 5.92 Å². The number of aliphatic carboxylic acids is 1. The number of carbonyl (C=O) groups is 2. The summed E-state index contributed by atoms with van der Waals surface area (Å²) >= 11 is 0. The highest BCUT2D eigenvalue weighted by Crippen LogP contribution is 2.29. The van der Waals surface area contributed by atoms with E-state index < -0.39 is 11.9 Å². The number of aromatic nitrogens is 3. The molecular weight excluding hydrogens is 470 g/mol. The van der Waals surface area contributed by atoms with Crippen molar-refractivity contribution in [1.29, 1.82) is 0 Å². The van der Waals surface area contributed by atoms with E-state index in [-0.39, 0.29) is 5.91 Å². The molecule has 0 saturated carbocycles. The molecule has 196 valence electrons. The summed E-state index contributed by atoms with van der Waals surface area (Å²) in [7, 11) is 2.03. The molecule has 3 aromatic rings. The zero-order chi connectivity index (χ0) is 26.9. The SMILES string of the molecule is CCc1cc(-c2noc(-c3cnc(N(C)C(C)C)c(C)c3)n2)cc(C)c1CCC(=O)N1CC(C(=O)O)C1. The molecule has 1 fully saturated rings. The van der Waals surface area contributed by atoms with E-state index in [0.717, 1.165) is 45.6 Å². The fourth-order valence-corrected chi connectivity index (χ4v) is 4.68. The largest absolute Gasteiger partial charge is 0.481 e. The number of hydrogen-bond acceptors (Lipinski definition) is 7. The van der Waals surface area contributed by atoms with Crippen molar-refractivity contribution in [2.75, 3.05) is 25.0 Å². The fourth-order valence-electron chi connectivity index (χ4n) is 4.68. The Kier molecular flexibility index (Phi) is 7.61. The number of carboxylic acid groups (broad SMARTS) is 1. The quantitative estimate of drug-likeness (QED) is 0.458. The minimum atomic E-state index is -0.837. The molecule has 9 nitrogen and oxygen atoms in total. The Morgan fingerprint density at radius 1 is 1.16 bits per heavy atom. The summed E-state index contributed by atoms with van der Waals surface area (Å²) in [5, 5.41) is 13.3. The Labute approximate surface area is 217 Å². The van der Waals surface area contributed by atoms with Gasteiger partial charge in [-0.15, -0.1) is 0 Å². The second-order valence-electron chi connectivity index (χ2n) is 10.1. The van der Waals surface area contributed by atoms with Crippen molar-refractivity contribution in [3.8, 4) is 22.8 Å². The lowest BCUT2D eigenvalue weighted by molar-refractivity contribution is -0.152. The molecule has 1 aliphatic heterocycles. The number of rotatable bonds is 9. The highest BCUT2D eigenvalue weighted by molar-refractivity contribution is 5.81. The van der Waals surface area contributed by atoms with Crippen LogP contribution < -0.4 is 4.90 Å².